The van der Waals surface area contributed by atoms with Crippen LogP contribution in [0.15, 0.2) is 29.2 Å². The number of hydrogen-bond donors (Lipinski definition) is 1. The van der Waals surface area contributed by atoms with E-state index in [1.165, 1.54) is 0 Å². The highest BCUT2D eigenvalue weighted by Gasteiger charge is 2.40. The van der Waals surface area contributed by atoms with E-state index >= 15 is 0 Å². The Balaban J connectivity index is 2.41. The lowest BCUT2D eigenvalue weighted by atomic mass is 10.0. The maximum Gasteiger partial charge on any atom is 0.416 e. The van der Waals surface area contributed by atoms with E-state index in [4.69, 9.17) is 0 Å². The molecule has 1 N–H and O–H groups in total. The maximum atomic E-state index is 12.7. The summed E-state index contributed by atoms with van der Waals surface area (Å²) in [5.41, 5.74) is -1.00. The summed E-state index contributed by atoms with van der Waals surface area (Å²) in [7, 11) is -4.04. The first-order chi connectivity index (χ1) is 9.67. The van der Waals surface area contributed by atoms with Gasteiger partial charge in [-0.15, -0.1) is 0 Å². The Morgan fingerprint density at radius 3 is 2.62 bits per heavy atom. The number of hydrogen-bond acceptors (Lipinski definition) is 3. The van der Waals surface area contributed by atoms with Gasteiger partial charge in [0.05, 0.1) is 23.1 Å². The Hall–Kier alpha value is -1.12. The fourth-order valence-corrected chi connectivity index (χ4v) is 4.28. The smallest absolute Gasteiger partial charge is 0.395 e. The molecule has 0 aliphatic carbocycles. The molecule has 0 bridgehead atoms. The van der Waals surface area contributed by atoms with Crippen LogP contribution in [0.4, 0.5) is 13.2 Å². The van der Waals surface area contributed by atoms with Crippen LogP contribution in [0.1, 0.15) is 18.9 Å². The molecule has 1 aliphatic heterocycles. The summed E-state index contributed by atoms with van der Waals surface area (Å²) in [5.74, 6) is -0.0319. The SMILES string of the molecule is CC1CCN(S(=O)(=O)c2cccc(C(F)(F)F)c2)C1CO. The van der Waals surface area contributed by atoms with E-state index in [2.05, 4.69) is 0 Å². The number of nitrogens with zero attached hydrogens (tertiary/aromatic N) is 1. The molecule has 21 heavy (non-hydrogen) atoms. The van der Waals surface area contributed by atoms with Gasteiger partial charge < -0.3 is 5.11 Å². The van der Waals surface area contributed by atoms with Crippen molar-refractivity contribution in [2.45, 2.75) is 30.5 Å². The van der Waals surface area contributed by atoms with Crippen LogP contribution >= 0.6 is 0 Å². The summed E-state index contributed by atoms with van der Waals surface area (Å²) in [6.07, 6.45) is -4.02. The van der Waals surface area contributed by atoms with Crippen molar-refractivity contribution in [1.82, 2.24) is 4.31 Å². The van der Waals surface area contributed by atoms with Gasteiger partial charge in [0.15, 0.2) is 0 Å². The average Bonchev–Trinajstić information content (AvgIpc) is 2.79. The van der Waals surface area contributed by atoms with Gasteiger partial charge in [-0.3, -0.25) is 0 Å². The molecule has 0 amide bonds. The third-order valence-electron chi connectivity index (χ3n) is 3.79. The van der Waals surface area contributed by atoms with Crippen molar-refractivity contribution >= 4 is 10.0 Å². The summed E-state index contributed by atoms with van der Waals surface area (Å²) in [4.78, 5) is -0.398. The zero-order chi connectivity index (χ0) is 15.8. The molecule has 1 fully saturated rings. The van der Waals surface area contributed by atoms with Crippen molar-refractivity contribution in [3.63, 3.8) is 0 Å². The lowest BCUT2D eigenvalue weighted by Gasteiger charge is -2.24. The van der Waals surface area contributed by atoms with Crippen molar-refractivity contribution in [2.24, 2.45) is 5.92 Å². The van der Waals surface area contributed by atoms with Gasteiger partial charge in [0, 0.05) is 6.54 Å². The van der Waals surface area contributed by atoms with E-state index < -0.39 is 32.7 Å². The van der Waals surface area contributed by atoms with Gasteiger partial charge in [-0.25, -0.2) is 8.42 Å². The van der Waals surface area contributed by atoms with Gasteiger partial charge in [0.2, 0.25) is 10.0 Å². The first-order valence-corrected chi connectivity index (χ1v) is 7.92. The normalized spacial score (nSPS) is 24.4. The maximum absolute atomic E-state index is 12.7. The van der Waals surface area contributed by atoms with Gasteiger partial charge in [-0.05, 0) is 30.5 Å². The van der Waals surface area contributed by atoms with Crippen LogP contribution in [0, 0.1) is 5.92 Å². The predicted molar refractivity (Wildman–Crippen MR) is 70.0 cm³/mol. The number of halogens is 3. The van der Waals surface area contributed by atoms with Crippen molar-refractivity contribution < 1.29 is 26.7 Å². The van der Waals surface area contributed by atoms with Crippen LogP contribution < -0.4 is 0 Å². The Morgan fingerprint density at radius 2 is 2.05 bits per heavy atom. The molecule has 2 atom stereocenters. The summed E-state index contributed by atoms with van der Waals surface area (Å²) >= 11 is 0. The highest BCUT2D eigenvalue weighted by molar-refractivity contribution is 7.89. The van der Waals surface area contributed by atoms with Crippen LogP contribution in [0.2, 0.25) is 0 Å². The zero-order valence-electron chi connectivity index (χ0n) is 11.3. The Bertz CT molecular complexity index is 615. The van der Waals surface area contributed by atoms with Gasteiger partial charge in [-0.2, -0.15) is 17.5 Å². The van der Waals surface area contributed by atoms with Crippen molar-refractivity contribution in [3.8, 4) is 0 Å². The third-order valence-corrected chi connectivity index (χ3v) is 5.71. The molecule has 0 spiro atoms. The van der Waals surface area contributed by atoms with Crippen molar-refractivity contribution in [1.29, 1.82) is 0 Å². The zero-order valence-corrected chi connectivity index (χ0v) is 12.2. The Morgan fingerprint density at radius 1 is 1.38 bits per heavy atom. The second-order valence-electron chi connectivity index (χ2n) is 5.16. The fraction of sp³-hybridized carbons (Fsp3) is 0.538. The molecule has 0 radical (unpaired) electrons. The lowest BCUT2D eigenvalue weighted by Crippen LogP contribution is -2.39. The van der Waals surface area contributed by atoms with Gasteiger partial charge in [-0.1, -0.05) is 13.0 Å². The second kappa shape index (κ2) is 5.58. The fourth-order valence-electron chi connectivity index (χ4n) is 2.51. The van der Waals surface area contributed by atoms with Crippen LogP contribution in [0.3, 0.4) is 0 Å². The topological polar surface area (TPSA) is 57.6 Å². The largest absolute Gasteiger partial charge is 0.416 e. The van der Waals surface area contributed by atoms with Gasteiger partial charge in [0.1, 0.15) is 0 Å². The molecule has 1 aromatic rings. The first kappa shape index (κ1) is 16.3. The monoisotopic (exact) mass is 323 g/mol. The Labute approximate surface area is 121 Å². The molecule has 4 nitrogen and oxygen atoms in total. The highest BCUT2D eigenvalue weighted by atomic mass is 32.2. The van der Waals surface area contributed by atoms with E-state index in [9.17, 15) is 26.7 Å². The second-order valence-corrected chi connectivity index (χ2v) is 7.05. The minimum absolute atomic E-state index is 0.0319. The van der Waals surface area contributed by atoms with E-state index in [1.54, 1.807) is 0 Å². The number of aliphatic hydroxyl groups is 1. The minimum atomic E-state index is -4.60. The molecular formula is C13H16F3NO3S. The third kappa shape index (κ3) is 3.07. The summed E-state index contributed by atoms with van der Waals surface area (Å²) in [6.45, 7) is 1.66. The van der Waals surface area contributed by atoms with Crippen LogP contribution in [-0.4, -0.2) is 37.0 Å². The van der Waals surface area contributed by atoms with Gasteiger partial charge >= 0.3 is 6.18 Å². The van der Waals surface area contributed by atoms with E-state index in [1.807, 2.05) is 6.92 Å². The molecule has 8 heteroatoms. The minimum Gasteiger partial charge on any atom is -0.395 e. The molecule has 2 unspecified atom stereocenters. The summed E-state index contributed by atoms with van der Waals surface area (Å²) in [6, 6.07) is 3.08. The highest BCUT2D eigenvalue weighted by Crippen LogP contribution is 2.33. The standard InChI is InChI=1S/C13H16F3NO3S/c1-9-5-6-17(12(9)8-18)21(19,20)11-4-2-3-10(7-11)13(14,15)16/h2-4,7,9,12,18H,5-6,8H2,1H3. The van der Waals surface area contributed by atoms with Crippen LogP contribution in [0.5, 0.6) is 0 Å². The van der Waals surface area contributed by atoms with Crippen LogP contribution in [-0.2, 0) is 16.2 Å². The van der Waals surface area contributed by atoms with E-state index in [0.717, 1.165) is 22.5 Å². The molecule has 1 saturated heterocycles. The first-order valence-electron chi connectivity index (χ1n) is 6.48. The number of sulfonamides is 1. The van der Waals surface area contributed by atoms with Crippen LogP contribution in [0.25, 0.3) is 0 Å². The molecule has 2 rings (SSSR count). The molecule has 0 saturated carbocycles. The molecule has 1 aromatic carbocycles. The average molecular weight is 323 g/mol. The summed E-state index contributed by atoms with van der Waals surface area (Å²) in [5, 5.41) is 9.31. The quantitative estimate of drug-likeness (QED) is 0.927. The molecular weight excluding hydrogens is 307 g/mol. The number of aliphatic hydroxyl groups excluding tert-OH is 1. The van der Waals surface area contributed by atoms with E-state index in [0.29, 0.717) is 12.5 Å². The number of benzene rings is 1. The van der Waals surface area contributed by atoms with Crippen molar-refractivity contribution in [2.75, 3.05) is 13.2 Å². The van der Waals surface area contributed by atoms with Crippen molar-refractivity contribution in [3.05, 3.63) is 29.8 Å². The molecule has 0 aromatic heterocycles. The molecule has 118 valence electrons. The predicted octanol–water partition coefficient (Wildman–Crippen LogP) is 2.10. The lowest BCUT2D eigenvalue weighted by molar-refractivity contribution is -0.137. The van der Waals surface area contributed by atoms with Gasteiger partial charge in [0.25, 0.3) is 0 Å². The molecule has 1 aliphatic rings. The summed E-state index contributed by atoms with van der Waals surface area (Å²) < 4.78 is 64.1. The number of rotatable bonds is 3. The van der Waals surface area contributed by atoms with E-state index in [-0.39, 0.29) is 19.1 Å². The Kier molecular flexibility index (Phi) is 4.32. The number of alkyl halides is 3. The molecule has 1 heterocycles.